The Morgan fingerprint density at radius 3 is 2.31 bits per heavy atom. The lowest BCUT2D eigenvalue weighted by Gasteiger charge is -2.16. The minimum absolute atomic E-state index is 0.247. The van der Waals surface area contributed by atoms with E-state index < -0.39 is 16.2 Å². The van der Waals surface area contributed by atoms with Crippen molar-refractivity contribution in [1.29, 1.82) is 0 Å². The van der Waals surface area contributed by atoms with Gasteiger partial charge in [-0.15, -0.1) is 23.2 Å². The smallest absolute Gasteiger partial charge is 0.253 e. The number of anilines is 1. The molecular formula is C22H18Cl5N3O2. The van der Waals surface area contributed by atoms with Crippen LogP contribution in [0.2, 0.25) is 15.1 Å². The first-order valence-electron chi connectivity index (χ1n) is 9.75. The molecule has 2 atom stereocenters. The summed E-state index contributed by atoms with van der Waals surface area (Å²) in [4.78, 5) is 29.6. The van der Waals surface area contributed by atoms with E-state index in [2.05, 4.69) is 22.3 Å². The van der Waals surface area contributed by atoms with E-state index in [9.17, 15) is 9.59 Å². The second-order valence-electron chi connectivity index (χ2n) is 8.13. The summed E-state index contributed by atoms with van der Waals surface area (Å²) in [6.45, 7) is 3.93. The number of nitrogens with zero attached hydrogens (tertiary/aromatic N) is 1. The van der Waals surface area contributed by atoms with Crippen molar-refractivity contribution in [3.05, 3.63) is 62.6 Å². The summed E-state index contributed by atoms with van der Waals surface area (Å²) in [5, 5.41) is 6.85. The lowest BCUT2D eigenvalue weighted by Crippen LogP contribution is -2.39. The molecule has 0 spiro atoms. The van der Waals surface area contributed by atoms with E-state index in [1.54, 1.807) is 30.3 Å². The minimum Gasteiger partial charge on any atom is -0.345 e. The zero-order valence-electron chi connectivity index (χ0n) is 16.6. The molecule has 2 aliphatic carbocycles. The van der Waals surface area contributed by atoms with Crippen molar-refractivity contribution in [2.75, 3.05) is 11.9 Å². The molecule has 2 aliphatic rings. The Balaban J connectivity index is 1.49. The van der Waals surface area contributed by atoms with Crippen molar-refractivity contribution in [2.24, 2.45) is 10.9 Å². The molecule has 0 radical (unpaired) electrons. The molecule has 2 amide bonds. The first-order chi connectivity index (χ1) is 15.1. The maximum atomic E-state index is 12.9. The number of aliphatic imine (C=N–C) groups is 1. The summed E-state index contributed by atoms with van der Waals surface area (Å²) in [5.41, 5.74) is 0.957. The molecule has 32 heavy (non-hydrogen) atoms. The molecule has 5 nitrogen and oxygen atoms in total. The summed E-state index contributed by atoms with van der Waals surface area (Å²) in [6, 6.07) is 9.62. The van der Waals surface area contributed by atoms with Gasteiger partial charge >= 0.3 is 0 Å². The molecule has 0 saturated heterocycles. The highest BCUT2D eigenvalue weighted by atomic mass is 35.5. The van der Waals surface area contributed by atoms with Crippen LogP contribution >= 0.6 is 58.0 Å². The molecule has 10 heteroatoms. The predicted molar refractivity (Wildman–Crippen MR) is 131 cm³/mol. The maximum absolute atomic E-state index is 12.9. The summed E-state index contributed by atoms with van der Waals surface area (Å²) < 4.78 is -1.30. The zero-order chi connectivity index (χ0) is 23.3. The van der Waals surface area contributed by atoms with E-state index in [1.165, 1.54) is 6.07 Å². The molecular weight excluding hydrogens is 516 g/mol. The number of hydrogen-bond donors (Lipinski definition) is 2. The Morgan fingerprint density at radius 2 is 1.72 bits per heavy atom. The SMILES string of the molecule is C=NCC1(NC(=O)c2cc(NC(=O)[C@H]3[C@H](c4cc(Cl)cc(Cl)c4)C3(Cl)Cl)ccc2Cl)CC1. The van der Waals surface area contributed by atoms with Gasteiger partial charge in [0.25, 0.3) is 5.91 Å². The fraction of sp³-hybridized carbons (Fsp3) is 0.318. The van der Waals surface area contributed by atoms with E-state index in [0.29, 0.717) is 27.8 Å². The van der Waals surface area contributed by atoms with Crippen molar-refractivity contribution in [1.82, 2.24) is 5.32 Å². The average Bonchev–Trinajstić information content (AvgIpc) is 3.57. The van der Waals surface area contributed by atoms with Gasteiger partial charge < -0.3 is 10.6 Å². The monoisotopic (exact) mass is 531 g/mol. The Kier molecular flexibility index (Phi) is 6.43. The molecule has 0 unspecified atom stereocenters. The van der Waals surface area contributed by atoms with Crippen LogP contribution in [0.1, 0.15) is 34.7 Å². The first kappa shape index (κ1) is 23.7. The molecule has 0 bridgehead atoms. The fourth-order valence-electron chi connectivity index (χ4n) is 3.82. The van der Waals surface area contributed by atoms with Crippen LogP contribution in [0, 0.1) is 5.92 Å². The summed E-state index contributed by atoms with van der Waals surface area (Å²) >= 11 is 31.2. The number of nitrogens with one attached hydrogen (secondary N) is 2. The number of amides is 2. The van der Waals surface area contributed by atoms with Gasteiger partial charge in [-0.25, -0.2) is 0 Å². The predicted octanol–water partition coefficient (Wildman–Crippen LogP) is 6.14. The molecule has 2 saturated carbocycles. The Morgan fingerprint density at radius 1 is 1.06 bits per heavy atom. The van der Waals surface area contributed by atoms with Crippen molar-refractivity contribution in [3.8, 4) is 0 Å². The van der Waals surface area contributed by atoms with Crippen LogP contribution in [-0.4, -0.2) is 34.9 Å². The molecule has 4 rings (SSSR count). The molecule has 2 aromatic carbocycles. The minimum atomic E-state index is -1.30. The van der Waals surface area contributed by atoms with Crippen LogP contribution in [0.3, 0.4) is 0 Å². The average molecular weight is 534 g/mol. The summed E-state index contributed by atoms with van der Waals surface area (Å²) in [7, 11) is 0. The van der Waals surface area contributed by atoms with Crippen LogP contribution in [0.15, 0.2) is 41.4 Å². The van der Waals surface area contributed by atoms with Crippen LogP contribution in [0.4, 0.5) is 5.69 Å². The largest absolute Gasteiger partial charge is 0.345 e. The van der Waals surface area contributed by atoms with Crippen LogP contribution in [0.25, 0.3) is 0 Å². The van der Waals surface area contributed by atoms with E-state index in [0.717, 1.165) is 12.8 Å². The molecule has 2 N–H and O–H groups in total. The van der Waals surface area contributed by atoms with Gasteiger partial charge in [0.05, 0.1) is 28.6 Å². The Bertz CT molecular complexity index is 1100. The highest BCUT2D eigenvalue weighted by Crippen LogP contribution is 2.65. The molecule has 0 aromatic heterocycles. The van der Waals surface area contributed by atoms with E-state index in [1.807, 2.05) is 0 Å². The van der Waals surface area contributed by atoms with Gasteiger partial charge in [0, 0.05) is 21.7 Å². The molecule has 168 valence electrons. The van der Waals surface area contributed by atoms with Gasteiger partial charge in [-0.05, 0) is 61.5 Å². The topological polar surface area (TPSA) is 70.6 Å². The van der Waals surface area contributed by atoms with Crippen LogP contribution < -0.4 is 10.6 Å². The number of rotatable bonds is 7. The zero-order valence-corrected chi connectivity index (χ0v) is 20.4. The number of carbonyl (C=O) groups excluding carboxylic acids is 2. The molecule has 0 heterocycles. The fourth-order valence-corrected chi connectivity index (χ4v) is 5.39. The lowest BCUT2D eigenvalue weighted by molar-refractivity contribution is -0.117. The molecule has 2 aromatic rings. The van der Waals surface area contributed by atoms with E-state index in [-0.39, 0.29) is 27.9 Å². The third-order valence-corrected chi connectivity index (χ3v) is 7.41. The third kappa shape index (κ3) is 4.73. The van der Waals surface area contributed by atoms with Crippen molar-refractivity contribution in [3.63, 3.8) is 0 Å². The molecule has 0 aliphatic heterocycles. The summed E-state index contributed by atoms with van der Waals surface area (Å²) in [5.74, 6) is -1.92. The second kappa shape index (κ2) is 8.69. The van der Waals surface area contributed by atoms with Gasteiger partial charge in [-0.1, -0.05) is 34.8 Å². The Labute approximate surface area is 210 Å². The van der Waals surface area contributed by atoms with Gasteiger partial charge in [0.1, 0.15) is 4.33 Å². The first-order valence-corrected chi connectivity index (χ1v) is 11.6. The van der Waals surface area contributed by atoms with E-state index in [4.69, 9.17) is 58.0 Å². The normalized spacial score (nSPS) is 22.0. The Hall–Kier alpha value is -1.50. The quantitative estimate of drug-likeness (QED) is 0.332. The van der Waals surface area contributed by atoms with Gasteiger partial charge in [-0.3, -0.25) is 14.6 Å². The van der Waals surface area contributed by atoms with Crippen molar-refractivity contribution < 1.29 is 9.59 Å². The molecule has 2 fully saturated rings. The van der Waals surface area contributed by atoms with E-state index >= 15 is 0 Å². The number of hydrogen-bond acceptors (Lipinski definition) is 3. The number of alkyl halides is 2. The van der Waals surface area contributed by atoms with Crippen molar-refractivity contribution in [2.45, 2.75) is 28.6 Å². The lowest BCUT2D eigenvalue weighted by atomic mass is 10.1. The number of halogens is 5. The highest BCUT2D eigenvalue weighted by Gasteiger charge is 2.67. The number of carbonyl (C=O) groups is 2. The maximum Gasteiger partial charge on any atom is 0.253 e. The number of benzene rings is 2. The van der Waals surface area contributed by atoms with Gasteiger partial charge in [0.2, 0.25) is 5.91 Å². The van der Waals surface area contributed by atoms with Crippen molar-refractivity contribution >= 4 is 82.2 Å². The van der Waals surface area contributed by atoms with Gasteiger partial charge in [0.15, 0.2) is 0 Å². The van der Waals surface area contributed by atoms with Gasteiger partial charge in [-0.2, -0.15) is 0 Å². The second-order valence-corrected chi connectivity index (χ2v) is 10.9. The highest BCUT2D eigenvalue weighted by molar-refractivity contribution is 6.53. The van der Waals surface area contributed by atoms with Crippen LogP contribution in [0.5, 0.6) is 0 Å². The van der Waals surface area contributed by atoms with Crippen LogP contribution in [-0.2, 0) is 4.79 Å². The third-order valence-electron chi connectivity index (χ3n) is 5.71. The standard InChI is InChI=1S/C22H18Cl5N3O2/c1-28-10-21(4-5-21)30-19(31)15-9-14(2-3-16(15)25)29-20(32)18-17(22(18,26)27)11-6-12(23)8-13(24)7-11/h2-3,6-9,17-18H,1,4-5,10H2,(H,29,32)(H,30,31)/t17-,18+/m0/s1. The summed E-state index contributed by atoms with van der Waals surface area (Å²) in [6.07, 6.45) is 1.66.